The minimum absolute atomic E-state index is 0.0468. The molecule has 1 aromatic heterocycles. The number of thiazole rings is 1. The van der Waals surface area contributed by atoms with Gasteiger partial charge in [0.2, 0.25) is 10.0 Å². The van der Waals surface area contributed by atoms with Gasteiger partial charge in [-0.15, -0.1) is 11.3 Å². The van der Waals surface area contributed by atoms with Crippen LogP contribution < -0.4 is 4.90 Å². The van der Waals surface area contributed by atoms with E-state index < -0.39 is 26.7 Å². The summed E-state index contributed by atoms with van der Waals surface area (Å²) in [5.74, 6) is 0. The van der Waals surface area contributed by atoms with Crippen LogP contribution in [0.4, 0.5) is 18.3 Å². The Kier molecular flexibility index (Phi) is 6.43. The standard InChI is InChI=1S/C20H16Cl2F3N3O2S2/c21-13-5-6-14(16(22)11-13)17-12-31-19(26-17)27-7-9-28(10-8-27)32(29,30)18-4-2-1-3-15(18)20(23,24)25/h1-6,11-12H,7-10H2. The van der Waals surface area contributed by atoms with E-state index in [1.807, 2.05) is 10.3 Å². The molecule has 2 aromatic carbocycles. The third kappa shape index (κ3) is 4.60. The fourth-order valence-electron chi connectivity index (χ4n) is 3.42. The monoisotopic (exact) mass is 521 g/mol. The average molecular weight is 522 g/mol. The summed E-state index contributed by atoms with van der Waals surface area (Å²) in [5, 5.41) is 3.50. The van der Waals surface area contributed by atoms with E-state index in [-0.39, 0.29) is 13.1 Å². The topological polar surface area (TPSA) is 53.5 Å². The van der Waals surface area contributed by atoms with Gasteiger partial charge < -0.3 is 4.90 Å². The van der Waals surface area contributed by atoms with Crippen molar-refractivity contribution in [3.05, 3.63) is 63.5 Å². The third-order valence-electron chi connectivity index (χ3n) is 5.02. The molecule has 170 valence electrons. The van der Waals surface area contributed by atoms with Gasteiger partial charge in [-0.1, -0.05) is 35.3 Å². The molecule has 1 aliphatic rings. The Bertz CT molecular complexity index is 1240. The Morgan fingerprint density at radius 3 is 2.34 bits per heavy atom. The van der Waals surface area contributed by atoms with E-state index in [2.05, 4.69) is 4.98 Å². The zero-order valence-corrected chi connectivity index (χ0v) is 19.5. The summed E-state index contributed by atoms with van der Waals surface area (Å²) < 4.78 is 66.8. The Morgan fingerprint density at radius 2 is 1.69 bits per heavy atom. The lowest BCUT2D eigenvalue weighted by Gasteiger charge is -2.34. The van der Waals surface area contributed by atoms with Crippen molar-refractivity contribution >= 4 is 49.7 Å². The van der Waals surface area contributed by atoms with Gasteiger partial charge in [-0.2, -0.15) is 17.5 Å². The van der Waals surface area contributed by atoms with Crippen molar-refractivity contribution in [1.29, 1.82) is 0 Å². The van der Waals surface area contributed by atoms with E-state index in [1.165, 1.54) is 23.5 Å². The Balaban J connectivity index is 1.50. The molecule has 0 N–H and O–H groups in total. The number of benzene rings is 2. The van der Waals surface area contributed by atoms with Crippen molar-refractivity contribution in [2.45, 2.75) is 11.1 Å². The van der Waals surface area contributed by atoms with E-state index in [0.29, 0.717) is 34.0 Å². The summed E-state index contributed by atoms with van der Waals surface area (Å²) in [4.78, 5) is 5.76. The quantitative estimate of drug-likeness (QED) is 0.445. The second-order valence-corrected chi connectivity index (χ2v) is 10.6. The molecule has 0 unspecified atom stereocenters. The van der Waals surface area contributed by atoms with Crippen molar-refractivity contribution < 1.29 is 21.6 Å². The maximum Gasteiger partial charge on any atom is 0.417 e. The van der Waals surface area contributed by atoms with Crippen LogP contribution in [0.15, 0.2) is 52.7 Å². The maximum absolute atomic E-state index is 13.3. The molecule has 0 atom stereocenters. The summed E-state index contributed by atoms with van der Waals surface area (Å²) in [6.45, 7) is 0.694. The molecule has 0 aliphatic carbocycles. The van der Waals surface area contributed by atoms with E-state index in [9.17, 15) is 21.6 Å². The van der Waals surface area contributed by atoms with Gasteiger partial charge in [0.15, 0.2) is 5.13 Å². The highest BCUT2D eigenvalue weighted by Crippen LogP contribution is 2.36. The molecule has 1 aliphatic heterocycles. The smallest absolute Gasteiger partial charge is 0.345 e. The second-order valence-electron chi connectivity index (χ2n) is 7.02. The minimum Gasteiger partial charge on any atom is -0.345 e. The normalized spacial score (nSPS) is 15.8. The highest BCUT2D eigenvalue weighted by Gasteiger charge is 2.39. The Labute approximate surface area is 197 Å². The third-order valence-corrected chi connectivity index (χ3v) is 8.42. The van der Waals surface area contributed by atoms with Crippen molar-refractivity contribution in [3.8, 4) is 11.3 Å². The van der Waals surface area contributed by atoms with Crippen LogP contribution in [0.5, 0.6) is 0 Å². The average Bonchev–Trinajstić information content (AvgIpc) is 3.23. The molecule has 4 rings (SSSR count). The molecule has 1 fully saturated rings. The lowest BCUT2D eigenvalue weighted by Crippen LogP contribution is -2.48. The van der Waals surface area contributed by atoms with Crippen molar-refractivity contribution in [2.75, 3.05) is 31.1 Å². The van der Waals surface area contributed by atoms with Crippen molar-refractivity contribution in [2.24, 2.45) is 0 Å². The van der Waals surface area contributed by atoms with Gasteiger partial charge in [-0.25, -0.2) is 13.4 Å². The first-order valence-corrected chi connectivity index (χ1v) is 12.5. The lowest BCUT2D eigenvalue weighted by atomic mass is 10.2. The summed E-state index contributed by atoms with van der Waals surface area (Å²) >= 11 is 13.6. The van der Waals surface area contributed by atoms with Crippen LogP contribution in [0, 0.1) is 0 Å². The van der Waals surface area contributed by atoms with E-state index in [0.717, 1.165) is 22.0 Å². The number of nitrogens with zero attached hydrogens (tertiary/aromatic N) is 3. The molecule has 3 aromatic rings. The molecule has 12 heteroatoms. The highest BCUT2D eigenvalue weighted by atomic mass is 35.5. The minimum atomic E-state index is -4.76. The van der Waals surface area contributed by atoms with E-state index in [1.54, 1.807) is 18.2 Å². The number of rotatable bonds is 4. The molecular formula is C20H16Cl2F3N3O2S2. The van der Waals surface area contributed by atoms with Crippen LogP contribution in [-0.4, -0.2) is 43.9 Å². The first kappa shape index (κ1) is 23.3. The van der Waals surface area contributed by atoms with E-state index in [4.69, 9.17) is 23.2 Å². The van der Waals surface area contributed by atoms with Gasteiger partial charge in [-0.05, 0) is 30.3 Å². The van der Waals surface area contributed by atoms with Gasteiger partial charge in [0, 0.05) is 42.1 Å². The van der Waals surface area contributed by atoms with Gasteiger partial charge in [0.25, 0.3) is 0 Å². The van der Waals surface area contributed by atoms with Gasteiger partial charge in [0.1, 0.15) is 0 Å². The van der Waals surface area contributed by atoms with Crippen molar-refractivity contribution in [1.82, 2.24) is 9.29 Å². The largest absolute Gasteiger partial charge is 0.417 e. The molecule has 32 heavy (non-hydrogen) atoms. The van der Waals surface area contributed by atoms with Crippen LogP contribution >= 0.6 is 34.5 Å². The SMILES string of the molecule is O=S(=O)(c1ccccc1C(F)(F)F)N1CCN(c2nc(-c3ccc(Cl)cc3Cl)cs2)CC1. The predicted molar refractivity (Wildman–Crippen MR) is 120 cm³/mol. The first-order chi connectivity index (χ1) is 15.1. The van der Waals surface area contributed by atoms with Crippen LogP contribution in [-0.2, 0) is 16.2 Å². The summed E-state index contributed by atoms with van der Waals surface area (Å²) in [5.41, 5.74) is 0.233. The molecule has 0 amide bonds. The zero-order chi connectivity index (χ0) is 23.1. The molecule has 5 nitrogen and oxygen atoms in total. The van der Waals surface area contributed by atoms with Crippen LogP contribution in [0.2, 0.25) is 10.0 Å². The number of anilines is 1. The molecule has 0 spiro atoms. The first-order valence-electron chi connectivity index (χ1n) is 9.39. The van der Waals surface area contributed by atoms with Gasteiger partial charge in [-0.3, -0.25) is 0 Å². The number of hydrogen-bond acceptors (Lipinski definition) is 5. The maximum atomic E-state index is 13.3. The van der Waals surface area contributed by atoms with Gasteiger partial charge >= 0.3 is 6.18 Å². The zero-order valence-electron chi connectivity index (χ0n) is 16.3. The molecule has 1 saturated heterocycles. The molecule has 0 saturated carbocycles. The van der Waals surface area contributed by atoms with Gasteiger partial charge in [0.05, 0.1) is 21.2 Å². The second kappa shape index (κ2) is 8.83. The Hall–Kier alpha value is -1.85. The molecule has 2 heterocycles. The fourth-order valence-corrected chi connectivity index (χ4v) is 6.43. The van der Waals surface area contributed by atoms with Crippen LogP contribution in [0.1, 0.15) is 5.56 Å². The Morgan fingerprint density at radius 1 is 1.00 bits per heavy atom. The summed E-state index contributed by atoms with van der Waals surface area (Å²) in [7, 11) is -4.29. The van der Waals surface area contributed by atoms with Crippen LogP contribution in [0.3, 0.4) is 0 Å². The number of halogens is 5. The van der Waals surface area contributed by atoms with Crippen molar-refractivity contribution in [3.63, 3.8) is 0 Å². The fraction of sp³-hybridized carbons (Fsp3) is 0.250. The molecular weight excluding hydrogens is 506 g/mol. The predicted octanol–water partition coefficient (Wildman–Crippen LogP) is 5.65. The number of piperazine rings is 1. The number of sulfonamides is 1. The summed E-state index contributed by atoms with van der Waals surface area (Å²) in [6, 6.07) is 9.34. The number of hydrogen-bond donors (Lipinski definition) is 0. The number of alkyl halides is 3. The molecule has 0 bridgehead atoms. The van der Waals surface area contributed by atoms with Crippen LogP contribution in [0.25, 0.3) is 11.3 Å². The highest BCUT2D eigenvalue weighted by molar-refractivity contribution is 7.89. The summed E-state index contributed by atoms with van der Waals surface area (Å²) in [6.07, 6.45) is -4.76. The molecule has 0 radical (unpaired) electrons. The van der Waals surface area contributed by atoms with E-state index >= 15 is 0 Å². The lowest BCUT2D eigenvalue weighted by molar-refractivity contribution is -0.139. The number of aromatic nitrogens is 1.